The number of rotatable bonds is 10. The Morgan fingerprint density at radius 1 is 0.742 bits per heavy atom. The van der Waals surface area contributed by atoms with Gasteiger partial charge in [-0.2, -0.15) is 5.01 Å². The number of imide groups is 2. The number of fused-ring (bicyclic) bond motifs is 4. The lowest BCUT2D eigenvalue weighted by Gasteiger charge is -2.50. The molecule has 6 atom stereocenters. The average molecular weight is 871 g/mol. The molecule has 4 aliphatic rings. The first-order valence-corrected chi connectivity index (χ1v) is 20.9. The molecule has 0 aromatic heterocycles. The molecule has 6 unspecified atom stereocenters. The Labute approximate surface area is 368 Å². The van der Waals surface area contributed by atoms with Crippen LogP contribution in [0.4, 0.5) is 11.4 Å². The molecule has 2 saturated heterocycles. The highest BCUT2D eigenvalue weighted by Crippen LogP contribution is 2.64. The van der Waals surface area contributed by atoms with Crippen LogP contribution in [0.25, 0.3) is 12.2 Å². The van der Waals surface area contributed by atoms with E-state index >= 15 is 9.59 Å². The lowest BCUT2D eigenvalue weighted by atomic mass is 9.49. The number of hydrogen-bond donors (Lipinski definition) is 2. The van der Waals surface area contributed by atoms with Gasteiger partial charge in [-0.1, -0.05) is 83.4 Å². The Morgan fingerprint density at radius 3 is 2.13 bits per heavy atom. The first-order chi connectivity index (χ1) is 30.0. The number of phenolic OH excluding ortho intramolecular Hbond substituents is 1. The Kier molecular flexibility index (Phi) is 10.6. The molecule has 2 heterocycles. The molecule has 9 rings (SSSR count). The number of carbonyl (C=O) groups is 4. The third-order valence-electron chi connectivity index (χ3n) is 12.9. The normalized spacial score (nSPS) is 24.1. The third-order valence-corrected chi connectivity index (χ3v) is 13.4. The van der Waals surface area contributed by atoms with Gasteiger partial charge in [0.05, 0.1) is 60.9 Å². The number of hydrogen-bond acceptors (Lipinski definition) is 9. The summed E-state index contributed by atoms with van der Waals surface area (Å²) in [5, 5.41) is 12.0. The molecule has 1 saturated carbocycles. The van der Waals surface area contributed by atoms with E-state index < -0.39 is 46.8 Å². The minimum absolute atomic E-state index is 0.0251. The minimum atomic E-state index is -1.52. The van der Waals surface area contributed by atoms with Crippen LogP contribution in [0.15, 0.2) is 121 Å². The maximum absolute atomic E-state index is 15.5. The fraction of sp³-hybridized carbons (Fsp3) is 0.224. The molecule has 2 N–H and O–H groups in total. The Balaban J connectivity index is 1.11. The SMILES string of the molecule is COc1ccc(C23C(=O)N(Nc4ccc(Cl)cc4Cl)C(=O)C2CC2C(=CCC4C(=O)N(c5ccc(C=Cc6cc(OC)ccc6OC)cc5)C(=O)C42)C3c2ccc(O)cc2)cc1. The highest BCUT2D eigenvalue weighted by molar-refractivity contribution is 6.36. The van der Waals surface area contributed by atoms with Crippen molar-refractivity contribution < 1.29 is 38.5 Å². The maximum Gasteiger partial charge on any atom is 0.260 e. The van der Waals surface area contributed by atoms with Crippen molar-refractivity contribution >= 4 is 70.4 Å². The van der Waals surface area contributed by atoms with Crippen LogP contribution < -0.4 is 24.5 Å². The van der Waals surface area contributed by atoms with Crippen molar-refractivity contribution in [3.63, 3.8) is 0 Å². The van der Waals surface area contributed by atoms with Crippen LogP contribution in [-0.4, -0.2) is 55.1 Å². The number of allylic oxidation sites excluding steroid dienone is 2. The van der Waals surface area contributed by atoms with Gasteiger partial charge in [0.15, 0.2) is 0 Å². The molecule has 11 nitrogen and oxygen atoms in total. The lowest BCUT2D eigenvalue weighted by Crippen LogP contribution is -2.53. The topological polar surface area (TPSA) is 135 Å². The smallest absolute Gasteiger partial charge is 0.260 e. The van der Waals surface area contributed by atoms with E-state index in [1.165, 1.54) is 11.0 Å². The molecule has 5 aromatic rings. The van der Waals surface area contributed by atoms with E-state index in [1.54, 1.807) is 94.1 Å². The predicted octanol–water partition coefficient (Wildman–Crippen LogP) is 9.08. The summed E-state index contributed by atoms with van der Waals surface area (Å²) in [6.07, 6.45) is 6.16. The van der Waals surface area contributed by atoms with Crippen molar-refractivity contribution in [2.24, 2.45) is 23.7 Å². The molecule has 2 aliphatic heterocycles. The van der Waals surface area contributed by atoms with Gasteiger partial charge < -0.3 is 19.3 Å². The van der Waals surface area contributed by atoms with Crippen LogP contribution in [0.2, 0.25) is 10.0 Å². The Morgan fingerprint density at radius 2 is 1.45 bits per heavy atom. The van der Waals surface area contributed by atoms with Crippen LogP contribution >= 0.6 is 23.2 Å². The molecule has 0 bridgehead atoms. The number of amides is 4. The molecular weight excluding hydrogens is 829 g/mol. The van der Waals surface area contributed by atoms with Gasteiger partial charge in [-0.05, 0) is 108 Å². The van der Waals surface area contributed by atoms with Crippen molar-refractivity contribution in [3.05, 3.63) is 153 Å². The van der Waals surface area contributed by atoms with Gasteiger partial charge in [-0.25, -0.2) is 0 Å². The molecule has 2 aliphatic carbocycles. The van der Waals surface area contributed by atoms with E-state index in [9.17, 15) is 14.7 Å². The molecule has 0 spiro atoms. The molecule has 62 heavy (non-hydrogen) atoms. The summed E-state index contributed by atoms with van der Waals surface area (Å²) in [7, 11) is 4.75. The lowest BCUT2D eigenvalue weighted by molar-refractivity contribution is -0.138. The number of anilines is 2. The molecule has 314 valence electrons. The fourth-order valence-corrected chi connectivity index (χ4v) is 10.5. The van der Waals surface area contributed by atoms with Crippen LogP contribution in [0.5, 0.6) is 23.0 Å². The highest BCUT2D eigenvalue weighted by Gasteiger charge is 2.70. The number of nitrogens with one attached hydrogen (secondary N) is 1. The van der Waals surface area contributed by atoms with Crippen LogP contribution in [0.3, 0.4) is 0 Å². The summed E-state index contributed by atoms with van der Waals surface area (Å²) in [5.41, 5.74) is 5.89. The molecule has 4 amide bonds. The third kappa shape index (κ3) is 6.58. The zero-order valence-electron chi connectivity index (χ0n) is 33.9. The van der Waals surface area contributed by atoms with Gasteiger partial charge in [-0.15, -0.1) is 0 Å². The van der Waals surface area contributed by atoms with Crippen molar-refractivity contribution in [2.45, 2.75) is 24.2 Å². The first-order valence-electron chi connectivity index (χ1n) is 20.1. The molecule has 0 radical (unpaired) electrons. The number of methoxy groups -OCH3 is 3. The van der Waals surface area contributed by atoms with Gasteiger partial charge in [-0.3, -0.25) is 29.5 Å². The number of phenols is 1. The maximum atomic E-state index is 15.5. The zero-order chi connectivity index (χ0) is 43.4. The predicted molar refractivity (Wildman–Crippen MR) is 236 cm³/mol. The summed E-state index contributed by atoms with van der Waals surface area (Å²) in [6, 6.07) is 31.1. The second-order valence-corrected chi connectivity index (χ2v) is 16.7. The van der Waals surface area contributed by atoms with Crippen LogP contribution in [0, 0.1) is 23.7 Å². The number of benzene rings is 5. The number of ether oxygens (including phenoxy) is 3. The number of hydrazine groups is 1. The van der Waals surface area contributed by atoms with Gasteiger partial charge in [0.1, 0.15) is 23.0 Å². The summed E-state index contributed by atoms with van der Waals surface area (Å²) < 4.78 is 16.4. The largest absolute Gasteiger partial charge is 0.508 e. The highest BCUT2D eigenvalue weighted by atomic mass is 35.5. The van der Waals surface area contributed by atoms with E-state index in [0.717, 1.165) is 21.7 Å². The van der Waals surface area contributed by atoms with Crippen molar-refractivity contribution in [1.82, 2.24) is 5.01 Å². The minimum Gasteiger partial charge on any atom is -0.508 e. The fourth-order valence-electron chi connectivity index (χ4n) is 10.0. The van der Waals surface area contributed by atoms with Crippen molar-refractivity contribution in [3.8, 4) is 23.0 Å². The average Bonchev–Trinajstić information content (AvgIpc) is 3.67. The Bertz CT molecular complexity index is 2680. The second-order valence-electron chi connectivity index (χ2n) is 15.8. The summed E-state index contributed by atoms with van der Waals surface area (Å²) in [4.78, 5) is 61.0. The number of carbonyl (C=O) groups excluding carboxylic acids is 4. The van der Waals surface area contributed by atoms with Crippen LogP contribution in [-0.2, 0) is 24.6 Å². The molecule has 3 fully saturated rings. The van der Waals surface area contributed by atoms with E-state index in [2.05, 4.69) is 5.43 Å². The quantitative estimate of drug-likeness (QED) is 0.0801. The zero-order valence-corrected chi connectivity index (χ0v) is 35.4. The number of aromatic hydroxyl groups is 1. The summed E-state index contributed by atoms with van der Waals surface area (Å²) in [5.74, 6) is -3.59. The van der Waals surface area contributed by atoms with Crippen LogP contribution in [0.1, 0.15) is 41.0 Å². The van der Waals surface area contributed by atoms with E-state index in [4.69, 9.17) is 37.4 Å². The van der Waals surface area contributed by atoms with Crippen molar-refractivity contribution in [2.75, 3.05) is 31.7 Å². The molecular formula is C49H41Cl2N3O8. The van der Waals surface area contributed by atoms with Gasteiger partial charge in [0.2, 0.25) is 11.8 Å². The number of halogens is 2. The van der Waals surface area contributed by atoms with Gasteiger partial charge in [0, 0.05) is 16.5 Å². The molecule has 5 aromatic carbocycles. The standard InChI is InChI=1S/C49H41Cl2N3O8/c1-60-34-17-10-30(11-18-34)49-39(46(57)54(48(49)59)52-41-22-12-31(50)25-40(41)51)26-38-36(44(49)28-8-15-33(55)16-9-28)20-21-37-43(38)47(58)53(45(37)56)32-13-5-27(6-14-32)4-7-29-24-35(61-2)19-23-42(29)62-3/h4-20,22-25,37-39,43-44,52,55H,21,26H2,1-3H3. The van der Waals surface area contributed by atoms with Crippen molar-refractivity contribution in [1.29, 1.82) is 0 Å². The van der Waals surface area contributed by atoms with Gasteiger partial charge >= 0.3 is 0 Å². The van der Waals surface area contributed by atoms with E-state index in [1.807, 2.05) is 48.6 Å². The number of nitrogens with zero attached hydrogens (tertiary/aromatic N) is 2. The molecule has 13 heteroatoms. The monoisotopic (exact) mass is 869 g/mol. The Hall–Kier alpha value is -6.56. The summed E-state index contributed by atoms with van der Waals surface area (Å²) in [6.45, 7) is 0. The van der Waals surface area contributed by atoms with E-state index in [-0.39, 0.29) is 35.4 Å². The van der Waals surface area contributed by atoms with Gasteiger partial charge in [0.25, 0.3) is 11.8 Å². The summed E-state index contributed by atoms with van der Waals surface area (Å²) >= 11 is 12.8. The second kappa shape index (κ2) is 16.0. The van der Waals surface area contributed by atoms with E-state index in [0.29, 0.717) is 44.8 Å². The first kappa shape index (κ1) is 40.8.